The zero-order valence-corrected chi connectivity index (χ0v) is 8.17. The van der Waals surface area contributed by atoms with Crippen molar-refractivity contribution in [2.45, 2.75) is 0 Å². The SMILES string of the molecule is COCCN1C=C(Br)C=CC1. The first-order valence-electron chi connectivity index (χ1n) is 3.60. The summed E-state index contributed by atoms with van der Waals surface area (Å²) in [6, 6.07) is 0. The quantitative estimate of drug-likeness (QED) is 0.715. The van der Waals surface area contributed by atoms with Crippen LogP contribution in [0.15, 0.2) is 22.8 Å². The van der Waals surface area contributed by atoms with Crippen molar-refractivity contribution in [2.24, 2.45) is 0 Å². The summed E-state index contributed by atoms with van der Waals surface area (Å²) in [5, 5.41) is 0. The van der Waals surface area contributed by atoms with E-state index in [1.54, 1.807) is 7.11 Å². The largest absolute Gasteiger partial charge is 0.383 e. The molecule has 0 unspecified atom stereocenters. The third kappa shape index (κ3) is 3.08. The average Bonchev–Trinajstić information content (AvgIpc) is 2.01. The van der Waals surface area contributed by atoms with Gasteiger partial charge in [0.1, 0.15) is 0 Å². The normalized spacial score (nSPS) is 16.9. The molecule has 0 bridgehead atoms. The molecule has 0 aromatic rings. The number of rotatable bonds is 3. The Labute approximate surface area is 75.6 Å². The van der Waals surface area contributed by atoms with E-state index in [0.717, 1.165) is 24.2 Å². The number of ether oxygens (including phenoxy) is 1. The summed E-state index contributed by atoms with van der Waals surface area (Å²) in [6.45, 7) is 2.72. The van der Waals surface area contributed by atoms with Crippen LogP contribution in [0.5, 0.6) is 0 Å². The predicted octanol–water partition coefficient (Wildman–Crippen LogP) is 1.74. The van der Waals surface area contributed by atoms with Gasteiger partial charge in [-0.2, -0.15) is 0 Å². The monoisotopic (exact) mass is 217 g/mol. The highest BCUT2D eigenvalue weighted by molar-refractivity contribution is 9.11. The summed E-state index contributed by atoms with van der Waals surface area (Å²) < 4.78 is 6.09. The fourth-order valence-electron chi connectivity index (χ4n) is 0.935. The van der Waals surface area contributed by atoms with Crippen molar-refractivity contribution in [3.05, 3.63) is 22.8 Å². The molecule has 1 aliphatic heterocycles. The summed E-state index contributed by atoms with van der Waals surface area (Å²) >= 11 is 3.41. The van der Waals surface area contributed by atoms with Gasteiger partial charge in [0.25, 0.3) is 0 Å². The summed E-state index contributed by atoms with van der Waals surface area (Å²) in [4.78, 5) is 2.20. The maximum Gasteiger partial charge on any atom is 0.0637 e. The van der Waals surface area contributed by atoms with E-state index in [1.807, 2.05) is 0 Å². The first kappa shape index (κ1) is 8.81. The smallest absolute Gasteiger partial charge is 0.0637 e. The average molecular weight is 218 g/mol. The molecule has 0 aromatic carbocycles. The molecule has 0 fully saturated rings. The number of halogens is 1. The summed E-state index contributed by atoms with van der Waals surface area (Å²) in [5.41, 5.74) is 0. The van der Waals surface area contributed by atoms with Crippen LogP contribution in [0, 0.1) is 0 Å². The zero-order valence-electron chi connectivity index (χ0n) is 6.59. The summed E-state index contributed by atoms with van der Waals surface area (Å²) in [6.07, 6.45) is 6.27. The highest BCUT2D eigenvalue weighted by atomic mass is 79.9. The molecule has 0 aromatic heterocycles. The first-order chi connectivity index (χ1) is 5.33. The lowest BCUT2D eigenvalue weighted by molar-refractivity contribution is 0.173. The Morgan fingerprint density at radius 3 is 3.18 bits per heavy atom. The van der Waals surface area contributed by atoms with Crippen molar-refractivity contribution >= 4 is 15.9 Å². The molecule has 3 heteroatoms. The van der Waals surface area contributed by atoms with Crippen LogP contribution >= 0.6 is 15.9 Å². The molecular formula is C8H12BrNO. The Kier molecular flexibility index (Phi) is 3.66. The zero-order chi connectivity index (χ0) is 8.10. The Morgan fingerprint density at radius 1 is 1.73 bits per heavy atom. The second-order valence-corrected chi connectivity index (χ2v) is 3.32. The van der Waals surface area contributed by atoms with Crippen LogP contribution < -0.4 is 0 Å². The lowest BCUT2D eigenvalue weighted by Crippen LogP contribution is -2.23. The maximum atomic E-state index is 4.97. The molecule has 1 rings (SSSR count). The van der Waals surface area contributed by atoms with Crippen molar-refractivity contribution in [3.8, 4) is 0 Å². The van der Waals surface area contributed by atoms with Crippen LogP contribution in [0.3, 0.4) is 0 Å². The van der Waals surface area contributed by atoms with Crippen LogP contribution in [0.1, 0.15) is 0 Å². The van der Waals surface area contributed by atoms with E-state index in [0.29, 0.717) is 0 Å². The second-order valence-electron chi connectivity index (χ2n) is 2.40. The molecule has 1 aliphatic rings. The molecule has 62 valence electrons. The molecule has 0 atom stereocenters. The lowest BCUT2D eigenvalue weighted by atomic mass is 10.3. The van der Waals surface area contributed by atoms with Gasteiger partial charge in [0, 0.05) is 30.9 Å². The van der Waals surface area contributed by atoms with Crippen molar-refractivity contribution in [3.63, 3.8) is 0 Å². The van der Waals surface area contributed by atoms with Crippen molar-refractivity contribution < 1.29 is 4.74 Å². The number of hydrogen-bond acceptors (Lipinski definition) is 2. The van der Waals surface area contributed by atoms with Crippen molar-refractivity contribution in [1.82, 2.24) is 4.90 Å². The minimum atomic E-state index is 0.782. The minimum absolute atomic E-state index is 0.782. The van der Waals surface area contributed by atoms with Gasteiger partial charge in [0.2, 0.25) is 0 Å². The fourth-order valence-corrected chi connectivity index (χ4v) is 1.41. The first-order valence-corrected chi connectivity index (χ1v) is 4.39. The summed E-state index contributed by atoms with van der Waals surface area (Å²) in [7, 11) is 1.72. The van der Waals surface area contributed by atoms with Gasteiger partial charge >= 0.3 is 0 Å². The van der Waals surface area contributed by atoms with Gasteiger partial charge < -0.3 is 9.64 Å². The van der Waals surface area contributed by atoms with Gasteiger partial charge in [-0.05, 0) is 22.0 Å². The molecule has 2 nitrogen and oxygen atoms in total. The van der Waals surface area contributed by atoms with Crippen LogP contribution in [-0.2, 0) is 4.74 Å². The van der Waals surface area contributed by atoms with Crippen molar-refractivity contribution in [2.75, 3.05) is 26.8 Å². The Hall–Kier alpha value is -0.280. The van der Waals surface area contributed by atoms with Gasteiger partial charge in [0.05, 0.1) is 6.61 Å². The summed E-state index contributed by atoms with van der Waals surface area (Å²) in [5.74, 6) is 0. The van der Waals surface area contributed by atoms with Gasteiger partial charge in [-0.3, -0.25) is 0 Å². The van der Waals surface area contributed by atoms with Crippen LogP contribution in [-0.4, -0.2) is 31.7 Å². The highest BCUT2D eigenvalue weighted by Gasteiger charge is 2.01. The van der Waals surface area contributed by atoms with Crippen LogP contribution in [0.25, 0.3) is 0 Å². The highest BCUT2D eigenvalue weighted by Crippen LogP contribution is 2.12. The Balaban J connectivity index is 2.31. The topological polar surface area (TPSA) is 12.5 Å². The number of nitrogens with zero attached hydrogens (tertiary/aromatic N) is 1. The third-order valence-electron chi connectivity index (χ3n) is 1.51. The second kappa shape index (κ2) is 4.57. The minimum Gasteiger partial charge on any atom is -0.383 e. The molecule has 1 heterocycles. The molecule has 0 amide bonds. The van der Waals surface area contributed by atoms with Crippen molar-refractivity contribution in [1.29, 1.82) is 0 Å². The van der Waals surface area contributed by atoms with Crippen LogP contribution in [0.4, 0.5) is 0 Å². The van der Waals surface area contributed by atoms with Gasteiger partial charge in [-0.25, -0.2) is 0 Å². The van der Waals surface area contributed by atoms with E-state index >= 15 is 0 Å². The molecule has 0 saturated heterocycles. The van der Waals surface area contributed by atoms with Gasteiger partial charge in [-0.1, -0.05) is 6.08 Å². The van der Waals surface area contributed by atoms with E-state index in [9.17, 15) is 0 Å². The van der Waals surface area contributed by atoms with E-state index in [4.69, 9.17) is 4.74 Å². The Morgan fingerprint density at radius 2 is 2.55 bits per heavy atom. The molecule has 0 radical (unpaired) electrons. The van der Waals surface area contributed by atoms with Gasteiger partial charge in [-0.15, -0.1) is 0 Å². The van der Waals surface area contributed by atoms with E-state index in [2.05, 4.69) is 39.2 Å². The fraction of sp³-hybridized carbons (Fsp3) is 0.500. The number of hydrogen-bond donors (Lipinski definition) is 0. The lowest BCUT2D eigenvalue weighted by Gasteiger charge is -2.20. The molecule has 0 N–H and O–H groups in total. The van der Waals surface area contributed by atoms with E-state index in [-0.39, 0.29) is 0 Å². The number of methoxy groups -OCH3 is 1. The molecule has 11 heavy (non-hydrogen) atoms. The third-order valence-corrected chi connectivity index (χ3v) is 1.97. The molecule has 0 aliphatic carbocycles. The van der Waals surface area contributed by atoms with Gasteiger partial charge in [0.15, 0.2) is 0 Å². The number of allylic oxidation sites excluding steroid dienone is 2. The van der Waals surface area contributed by atoms with E-state index in [1.165, 1.54) is 0 Å². The standard InChI is InChI=1S/C8H12BrNO/c1-11-6-5-10-4-2-3-8(9)7-10/h2-3,7H,4-6H2,1H3. The maximum absolute atomic E-state index is 4.97. The Bertz CT molecular complexity index is 177. The molecular weight excluding hydrogens is 206 g/mol. The van der Waals surface area contributed by atoms with E-state index < -0.39 is 0 Å². The molecule has 0 saturated carbocycles. The predicted molar refractivity (Wildman–Crippen MR) is 49.6 cm³/mol. The molecule has 0 spiro atoms. The van der Waals surface area contributed by atoms with Crippen LogP contribution in [0.2, 0.25) is 0 Å².